The van der Waals surface area contributed by atoms with Crippen molar-refractivity contribution in [2.45, 2.75) is 124 Å². The predicted octanol–water partition coefficient (Wildman–Crippen LogP) is 15.7. The van der Waals surface area contributed by atoms with E-state index in [-0.39, 0.29) is 5.41 Å². The van der Waals surface area contributed by atoms with Crippen LogP contribution in [0.5, 0.6) is 11.5 Å². The van der Waals surface area contributed by atoms with Gasteiger partial charge in [-0.2, -0.15) is 0 Å². The van der Waals surface area contributed by atoms with Gasteiger partial charge in [0.25, 0.3) is 0 Å². The summed E-state index contributed by atoms with van der Waals surface area (Å²) in [5, 5.41) is 0. The van der Waals surface area contributed by atoms with Gasteiger partial charge in [0, 0.05) is 5.41 Å². The molecule has 2 nitrogen and oxygen atoms in total. The standard InChI is InChI=1S/C53H66O2/c1-7-13-17-39(11-5)37-54-47-26-21-41(22-27-47)44-33-45(42-23-28-48(29-24-42)55-38-40(12-6)18-14-8-2)35-46(34-44)43-25-30-50-49-19-15-16-20-51(49)53(31-9-3,32-10-4)52(50)36-43/h15-16,19-30,33-36,39-40H,7-14,17-18,31-32,37-38H2,1-6H3. The zero-order valence-electron chi connectivity index (χ0n) is 34.8. The summed E-state index contributed by atoms with van der Waals surface area (Å²) in [6.07, 6.45) is 14.4. The number of hydrogen-bond acceptors (Lipinski definition) is 2. The summed E-state index contributed by atoms with van der Waals surface area (Å²) < 4.78 is 12.6. The van der Waals surface area contributed by atoms with E-state index in [2.05, 4.69) is 151 Å². The van der Waals surface area contributed by atoms with Crippen LogP contribution in [0.25, 0.3) is 44.5 Å². The Morgan fingerprint density at radius 2 is 0.891 bits per heavy atom. The molecule has 55 heavy (non-hydrogen) atoms. The smallest absolute Gasteiger partial charge is 0.119 e. The Morgan fingerprint density at radius 3 is 1.36 bits per heavy atom. The zero-order valence-corrected chi connectivity index (χ0v) is 34.8. The van der Waals surface area contributed by atoms with Gasteiger partial charge in [-0.3, -0.25) is 0 Å². The molecule has 0 N–H and O–H groups in total. The Bertz CT molecular complexity index is 1850. The first-order valence-electron chi connectivity index (χ1n) is 21.8. The SMILES string of the molecule is CCCCC(CC)COc1ccc(-c2cc(-c3ccc(OCC(CC)CCCC)cc3)cc(-c3ccc4c(c3)C(CCC)(CCC)c3ccccc3-4)c2)cc1. The number of rotatable bonds is 21. The third kappa shape index (κ3) is 9.40. The van der Waals surface area contributed by atoms with Crippen LogP contribution in [0.1, 0.15) is 130 Å². The highest BCUT2D eigenvalue weighted by Crippen LogP contribution is 2.54. The van der Waals surface area contributed by atoms with Crippen molar-refractivity contribution >= 4 is 0 Å². The Kier molecular flexibility index (Phi) is 14.3. The third-order valence-electron chi connectivity index (χ3n) is 12.3. The van der Waals surface area contributed by atoms with Gasteiger partial charge < -0.3 is 9.47 Å². The van der Waals surface area contributed by atoms with Gasteiger partial charge in [0.15, 0.2) is 0 Å². The molecule has 0 saturated carbocycles. The first-order valence-corrected chi connectivity index (χ1v) is 21.8. The summed E-state index contributed by atoms with van der Waals surface area (Å²) in [5.74, 6) is 3.12. The fraction of sp³-hybridized carbons (Fsp3) is 0.434. The highest BCUT2D eigenvalue weighted by molar-refractivity contribution is 5.86. The predicted molar refractivity (Wildman–Crippen MR) is 236 cm³/mol. The summed E-state index contributed by atoms with van der Waals surface area (Å²) >= 11 is 0. The van der Waals surface area contributed by atoms with Crippen molar-refractivity contribution in [2.24, 2.45) is 11.8 Å². The molecule has 2 unspecified atom stereocenters. The zero-order chi connectivity index (χ0) is 38.6. The van der Waals surface area contributed by atoms with Gasteiger partial charge >= 0.3 is 0 Å². The van der Waals surface area contributed by atoms with Crippen LogP contribution in [0.15, 0.2) is 109 Å². The molecule has 0 aromatic heterocycles. The average molecular weight is 735 g/mol. The van der Waals surface area contributed by atoms with E-state index in [4.69, 9.17) is 9.47 Å². The van der Waals surface area contributed by atoms with Crippen LogP contribution in [-0.4, -0.2) is 13.2 Å². The fourth-order valence-electron chi connectivity index (χ4n) is 8.99. The van der Waals surface area contributed by atoms with Gasteiger partial charge in [-0.1, -0.05) is 154 Å². The lowest BCUT2D eigenvalue weighted by Crippen LogP contribution is -2.25. The molecule has 6 rings (SSSR count). The summed E-state index contributed by atoms with van der Waals surface area (Å²) in [4.78, 5) is 0. The van der Waals surface area contributed by atoms with Gasteiger partial charge in [-0.15, -0.1) is 0 Å². The summed E-state index contributed by atoms with van der Waals surface area (Å²) in [7, 11) is 0. The molecule has 0 heterocycles. The molecule has 0 radical (unpaired) electrons. The van der Waals surface area contributed by atoms with Crippen LogP contribution in [-0.2, 0) is 5.41 Å². The van der Waals surface area contributed by atoms with Gasteiger partial charge in [-0.05, 0) is 142 Å². The monoisotopic (exact) mass is 735 g/mol. The second kappa shape index (κ2) is 19.5. The van der Waals surface area contributed by atoms with Crippen LogP contribution in [0.4, 0.5) is 0 Å². The normalized spacial score (nSPS) is 13.9. The Morgan fingerprint density at radius 1 is 0.436 bits per heavy atom. The quantitative estimate of drug-likeness (QED) is 0.0747. The molecule has 0 spiro atoms. The maximum absolute atomic E-state index is 6.32. The lowest BCUT2D eigenvalue weighted by molar-refractivity contribution is 0.233. The van der Waals surface area contributed by atoms with Crippen LogP contribution in [0, 0.1) is 11.8 Å². The average Bonchev–Trinajstić information content (AvgIpc) is 3.49. The molecule has 2 atom stereocenters. The topological polar surface area (TPSA) is 18.5 Å². The van der Waals surface area contributed by atoms with Crippen LogP contribution >= 0.6 is 0 Å². The largest absolute Gasteiger partial charge is 0.493 e. The molecule has 5 aromatic rings. The van der Waals surface area contributed by atoms with E-state index in [0.29, 0.717) is 11.8 Å². The maximum atomic E-state index is 6.32. The lowest BCUT2D eigenvalue weighted by atomic mass is 9.71. The second-order valence-corrected chi connectivity index (χ2v) is 16.2. The molecule has 0 bridgehead atoms. The second-order valence-electron chi connectivity index (χ2n) is 16.2. The molecule has 0 fully saturated rings. The number of unbranched alkanes of at least 4 members (excludes halogenated alkanes) is 2. The Hall–Kier alpha value is -4.30. The van der Waals surface area contributed by atoms with Gasteiger partial charge in [0.2, 0.25) is 0 Å². The minimum Gasteiger partial charge on any atom is -0.493 e. The third-order valence-corrected chi connectivity index (χ3v) is 12.3. The number of fused-ring (bicyclic) bond motifs is 3. The molecule has 290 valence electrons. The number of benzene rings is 5. The fourth-order valence-corrected chi connectivity index (χ4v) is 8.99. The Labute approximate surface area is 333 Å². The van der Waals surface area contributed by atoms with Crippen LogP contribution in [0.2, 0.25) is 0 Å². The van der Waals surface area contributed by atoms with Crippen molar-refractivity contribution in [3.8, 4) is 56.0 Å². The number of ether oxygens (including phenoxy) is 2. The molecule has 5 aromatic carbocycles. The lowest BCUT2D eigenvalue weighted by Gasteiger charge is -2.32. The first-order chi connectivity index (χ1) is 27.0. The van der Waals surface area contributed by atoms with Gasteiger partial charge in [0.05, 0.1) is 13.2 Å². The summed E-state index contributed by atoms with van der Waals surface area (Å²) in [6, 6.07) is 41.1. The van der Waals surface area contributed by atoms with E-state index in [1.807, 2.05) is 0 Å². The van der Waals surface area contributed by atoms with Crippen LogP contribution < -0.4 is 9.47 Å². The molecule has 0 amide bonds. The molecule has 1 aliphatic carbocycles. The van der Waals surface area contributed by atoms with Crippen molar-refractivity contribution in [1.82, 2.24) is 0 Å². The van der Waals surface area contributed by atoms with Crippen molar-refractivity contribution in [3.05, 3.63) is 120 Å². The molecule has 0 aliphatic heterocycles. The highest BCUT2D eigenvalue weighted by Gasteiger charge is 2.41. The summed E-state index contributed by atoms with van der Waals surface area (Å²) in [5.41, 5.74) is 13.2. The van der Waals surface area contributed by atoms with E-state index in [9.17, 15) is 0 Å². The first kappa shape index (κ1) is 40.4. The van der Waals surface area contributed by atoms with Gasteiger partial charge in [-0.25, -0.2) is 0 Å². The highest BCUT2D eigenvalue weighted by atomic mass is 16.5. The van der Waals surface area contributed by atoms with Crippen molar-refractivity contribution in [3.63, 3.8) is 0 Å². The molecule has 1 aliphatic rings. The van der Waals surface area contributed by atoms with E-state index in [0.717, 1.165) is 63.2 Å². The minimum atomic E-state index is 0.0538. The van der Waals surface area contributed by atoms with Gasteiger partial charge in [0.1, 0.15) is 11.5 Å². The number of hydrogen-bond donors (Lipinski definition) is 0. The van der Waals surface area contributed by atoms with Crippen LogP contribution in [0.3, 0.4) is 0 Å². The molecule has 2 heteroatoms. The minimum absolute atomic E-state index is 0.0538. The summed E-state index contributed by atoms with van der Waals surface area (Å²) in [6.45, 7) is 15.3. The van der Waals surface area contributed by atoms with E-state index >= 15 is 0 Å². The molecule has 0 saturated heterocycles. The Balaban J connectivity index is 1.36. The van der Waals surface area contributed by atoms with E-state index < -0.39 is 0 Å². The van der Waals surface area contributed by atoms with E-state index in [1.54, 1.807) is 0 Å². The van der Waals surface area contributed by atoms with Crippen molar-refractivity contribution in [1.29, 1.82) is 0 Å². The maximum Gasteiger partial charge on any atom is 0.119 e. The van der Waals surface area contributed by atoms with E-state index in [1.165, 1.54) is 94.2 Å². The molecular formula is C53H66O2. The van der Waals surface area contributed by atoms with Crippen molar-refractivity contribution < 1.29 is 9.47 Å². The van der Waals surface area contributed by atoms with Crippen molar-refractivity contribution in [2.75, 3.05) is 13.2 Å². The molecular weight excluding hydrogens is 669 g/mol.